The van der Waals surface area contributed by atoms with E-state index in [1.807, 2.05) is 0 Å². The van der Waals surface area contributed by atoms with Gasteiger partial charge in [0.05, 0.1) is 0 Å². The van der Waals surface area contributed by atoms with Gasteiger partial charge in [-0.3, -0.25) is 0 Å². The van der Waals surface area contributed by atoms with Crippen molar-refractivity contribution in [3.05, 3.63) is 17.9 Å². The van der Waals surface area contributed by atoms with Crippen LogP contribution < -0.4 is 4.72 Å². The number of hydrogen-bond acceptors (Lipinski definition) is 5. The van der Waals surface area contributed by atoms with Crippen LogP contribution in [0.25, 0.3) is 0 Å². The van der Waals surface area contributed by atoms with E-state index in [1.165, 1.54) is 25.0 Å². The molecule has 1 aliphatic rings. The summed E-state index contributed by atoms with van der Waals surface area (Å²) in [4.78, 5) is 2.23. The van der Waals surface area contributed by atoms with Gasteiger partial charge in [-0.25, -0.2) is 13.1 Å². The number of aliphatic hydroxyl groups excluding tert-OH is 1. The minimum Gasteiger partial charge on any atom is -0.446 e. The van der Waals surface area contributed by atoms with Gasteiger partial charge in [0.2, 0.25) is 5.09 Å². The van der Waals surface area contributed by atoms with Gasteiger partial charge in [-0.05, 0) is 38.1 Å². The van der Waals surface area contributed by atoms with Crippen molar-refractivity contribution in [2.45, 2.75) is 24.5 Å². The number of furan rings is 1. The lowest BCUT2D eigenvalue weighted by Crippen LogP contribution is -2.33. The number of sulfonamides is 1. The third-order valence-corrected chi connectivity index (χ3v) is 4.31. The molecule has 0 bridgehead atoms. The van der Waals surface area contributed by atoms with Crippen LogP contribution in [0.15, 0.2) is 21.6 Å². The van der Waals surface area contributed by atoms with Crippen LogP contribution >= 0.6 is 0 Å². The molecular weight excluding hydrogens is 256 g/mol. The Morgan fingerprint density at radius 2 is 2.06 bits per heavy atom. The second kappa shape index (κ2) is 5.83. The first-order valence-electron chi connectivity index (χ1n) is 6.03. The van der Waals surface area contributed by atoms with E-state index in [2.05, 4.69) is 9.62 Å². The van der Waals surface area contributed by atoms with Gasteiger partial charge in [0.1, 0.15) is 12.4 Å². The Morgan fingerprint density at radius 3 is 2.67 bits per heavy atom. The van der Waals surface area contributed by atoms with Crippen LogP contribution in [0.1, 0.15) is 18.6 Å². The molecule has 0 saturated carbocycles. The first-order valence-corrected chi connectivity index (χ1v) is 7.52. The predicted molar refractivity (Wildman–Crippen MR) is 65.5 cm³/mol. The van der Waals surface area contributed by atoms with Crippen molar-refractivity contribution in [2.75, 3.05) is 26.2 Å². The quantitative estimate of drug-likeness (QED) is 0.771. The van der Waals surface area contributed by atoms with Crippen molar-refractivity contribution in [2.24, 2.45) is 0 Å². The number of likely N-dealkylation sites (tertiary alicyclic amines) is 1. The Kier molecular flexibility index (Phi) is 4.39. The summed E-state index contributed by atoms with van der Waals surface area (Å²) in [6, 6.07) is 2.80. The van der Waals surface area contributed by atoms with Crippen molar-refractivity contribution in [1.29, 1.82) is 0 Å². The van der Waals surface area contributed by atoms with E-state index < -0.39 is 10.0 Å². The maximum Gasteiger partial charge on any atom is 0.274 e. The van der Waals surface area contributed by atoms with Gasteiger partial charge in [0.25, 0.3) is 10.0 Å². The zero-order valence-electron chi connectivity index (χ0n) is 10.1. The van der Waals surface area contributed by atoms with E-state index in [0.717, 1.165) is 13.1 Å². The summed E-state index contributed by atoms with van der Waals surface area (Å²) in [7, 11) is -3.60. The van der Waals surface area contributed by atoms with Gasteiger partial charge in [0, 0.05) is 13.1 Å². The zero-order valence-corrected chi connectivity index (χ0v) is 10.9. The molecule has 7 heteroatoms. The zero-order chi connectivity index (χ0) is 13.0. The van der Waals surface area contributed by atoms with Crippen LogP contribution in [0.5, 0.6) is 0 Å². The summed E-state index contributed by atoms with van der Waals surface area (Å²) in [6.07, 6.45) is 2.37. The molecule has 0 unspecified atom stereocenters. The molecule has 0 aliphatic carbocycles. The van der Waals surface area contributed by atoms with Crippen molar-refractivity contribution < 1.29 is 17.9 Å². The minimum absolute atomic E-state index is 0.145. The Hall–Kier alpha value is -0.890. The average Bonchev–Trinajstić information content (AvgIpc) is 2.99. The summed E-state index contributed by atoms with van der Waals surface area (Å²) < 4.78 is 31.2. The molecule has 18 heavy (non-hydrogen) atoms. The number of aliphatic hydroxyl groups is 1. The SMILES string of the molecule is O=S(=O)(NCCN1CCCC1)c1ccc(CO)o1. The van der Waals surface area contributed by atoms with E-state index in [-0.39, 0.29) is 17.5 Å². The molecule has 1 saturated heterocycles. The molecule has 2 N–H and O–H groups in total. The summed E-state index contributed by atoms with van der Waals surface area (Å²) >= 11 is 0. The van der Waals surface area contributed by atoms with Crippen molar-refractivity contribution in [3.8, 4) is 0 Å². The van der Waals surface area contributed by atoms with Gasteiger partial charge in [-0.2, -0.15) is 0 Å². The van der Waals surface area contributed by atoms with E-state index >= 15 is 0 Å². The lowest BCUT2D eigenvalue weighted by molar-refractivity contribution is 0.236. The monoisotopic (exact) mass is 274 g/mol. The first kappa shape index (κ1) is 13.5. The highest BCUT2D eigenvalue weighted by atomic mass is 32.2. The molecule has 0 amide bonds. The Labute approximate surface area is 107 Å². The molecule has 0 atom stereocenters. The molecule has 6 nitrogen and oxygen atoms in total. The maximum atomic E-state index is 11.8. The van der Waals surface area contributed by atoms with E-state index in [0.29, 0.717) is 13.1 Å². The molecule has 1 fully saturated rings. The molecular formula is C11H18N2O4S. The topological polar surface area (TPSA) is 82.8 Å². The molecule has 1 aromatic heterocycles. The summed E-state index contributed by atoms with van der Waals surface area (Å²) in [5, 5.41) is 8.68. The number of rotatable bonds is 6. The van der Waals surface area contributed by atoms with Crippen molar-refractivity contribution >= 4 is 10.0 Å². The molecule has 2 heterocycles. The van der Waals surface area contributed by atoms with Gasteiger partial charge in [-0.1, -0.05) is 0 Å². The van der Waals surface area contributed by atoms with Crippen molar-refractivity contribution in [1.82, 2.24) is 9.62 Å². The third kappa shape index (κ3) is 3.32. The van der Waals surface area contributed by atoms with Crippen LogP contribution in [0.2, 0.25) is 0 Å². The number of hydrogen-bond donors (Lipinski definition) is 2. The fraction of sp³-hybridized carbons (Fsp3) is 0.636. The smallest absolute Gasteiger partial charge is 0.274 e. The van der Waals surface area contributed by atoms with Gasteiger partial charge >= 0.3 is 0 Å². The highest BCUT2D eigenvalue weighted by molar-refractivity contribution is 7.89. The normalized spacial score (nSPS) is 17.4. The molecule has 1 aliphatic heterocycles. The lowest BCUT2D eigenvalue weighted by Gasteiger charge is -2.14. The summed E-state index contributed by atoms with van der Waals surface area (Å²) in [5.41, 5.74) is 0. The average molecular weight is 274 g/mol. The molecule has 102 valence electrons. The molecule has 0 radical (unpaired) electrons. The fourth-order valence-electron chi connectivity index (χ4n) is 2.00. The molecule has 0 aromatic carbocycles. The fourth-order valence-corrected chi connectivity index (χ4v) is 2.97. The van der Waals surface area contributed by atoms with Crippen LogP contribution in [-0.2, 0) is 16.6 Å². The largest absolute Gasteiger partial charge is 0.446 e. The maximum absolute atomic E-state index is 11.8. The van der Waals surface area contributed by atoms with Crippen molar-refractivity contribution in [3.63, 3.8) is 0 Å². The van der Waals surface area contributed by atoms with Gasteiger partial charge < -0.3 is 14.4 Å². The van der Waals surface area contributed by atoms with Gasteiger partial charge in [0.15, 0.2) is 0 Å². The molecule has 2 rings (SSSR count). The standard InChI is InChI=1S/C11H18N2O4S/c14-9-10-3-4-11(17-10)18(15,16)12-5-8-13-6-1-2-7-13/h3-4,12,14H,1-2,5-9H2. The molecule has 1 aromatic rings. The predicted octanol–water partition coefficient (Wildman–Crippen LogP) is 0.146. The number of nitrogens with one attached hydrogen (secondary N) is 1. The lowest BCUT2D eigenvalue weighted by atomic mass is 10.4. The van der Waals surface area contributed by atoms with Crippen LogP contribution in [0.4, 0.5) is 0 Å². The number of nitrogens with zero attached hydrogens (tertiary/aromatic N) is 1. The van der Waals surface area contributed by atoms with E-state index in [1.54, 1.807) is 0 Å². The Balaban J connectivity index is 1.86. The summed E-state index contributed by atoms with van der Waals surface area (Å²) in [5.74, 6) is 0.245. The Bertz CT molecular complexity index is 477. The second-order valence-electron chi connectivity index (χ2n) is 4.33. The van der Waals surface area contributed by atoms with Gasteiger partial charge in [-0.15, -0.1) is 0 Å². The highest BCUT2D eigenvalue weighted by Crippen LogP contribution is 2.13. The Morgan fingerprint density at radius 1 is 1.33 bits per heavy atom. The van der Waals surface area contributed by atoms with E-state index in [4.69, 9.17) is 9.52 Å². The second-order valence-corrected chi connectivity index (χ2v) is 6.02. The highest BCUT2D eigenvalue weighted by Gasteiger charge is 2.19. The van der Waals surface area contributed by atoms with E-state index in [9.17, 15) is 8.42 Å². The minimum atomic E-state index is -3.60. The first-order chi connectivity index (χ1) is 8.62. The van der Waals surface area contributed by atoms with Crippen LogP contribution in [-0.4, -0.2) is 44.6 Å². The third-order valence-electron chi connectivity index (χ3n) is 2.98. The van der Waals surface area contributed by atoms with Crippen LogP contribution in [0, 0.1) is 0 Å². The van der Waals surface area contributed by atoms with Crippen LogP contribution in [0.3, 0.4) is 0 Å². The summed E-state index contributed by atoms with van der Waals surface area (Å²) in [6.45, 7) is 2.86. The molecule has 0 spiro atoms.